The quantitative estimate of drug-likeness (QED) is 0.234. The Morgan fingerprint density at radius 1 is 1.08 bits per heavy atom. The molecule has 38 heavy (non-hydrogen) atoms. The van der Waals surface area contributed by atoms with Gasteiger partial charge in [0.2, 0.25) is 0 Å². The number of aromatic amines is 1. The van der Waals surface area contributed by atoms with E-state index in [4.69, 9.17) is 5.10 Å². The van der Waals surface area contributed by atoms with Gasteiger partial charge in [0.25, 0.3) is 11.5 Å². The van der Waals surface area contributed by atoms with Crippen molar-refractivity contribution < 1.29 is 4.79 Å². The number of benzene rings is 2. The first-order chi connectivity index (χ1) is 18.5. The number of rotatable bonds is 6. The number of fused-ring (bicyclic) bond motifs is 1. The highest BCUT2D eigenvalue weighted by atomic mass is 32.2. The maximum absolute atomic E-state index is 13.5. The third-order valence-electron chi connectivity index (χ3n) is 6.46. The number of hydrogen-bond acceptors (Lipinski definition) is 7. The molecule has 0 unspecified atom stereocenters. The summed E-state index contributed by atoms with van der Waals surface area (Å²) in [5, 5.41) is 13.5. The van der Waals surface area contributed by atoms with Crippen LogP contribution in [0.2, 0.25) is 0 Å². The Morgan fingerprint density at radius 3 is 2.53 bits per heavy atom. The van der Waals surface area contributed by atoms with Gasteiger partial charge in [-0.25, -0.2) is 14.7 Å². The van der Waals surface area contributed by atoms with Crippen LogP contribution in [0.1, 0.15) is 34.0 Å². The molecule has 0 fully saturated rings. The molecule has 0 radical (unpaired) electrons. The van der Waals surface area contributed by atoms with Crippen LogP contribution in [0.3, 0.4) is 0 Å². The van der Waals surface area contributed by atoms with Crippen molar-refractivity contribution in [2.24, 2.45) is 5.10 Å². The van der Waals surface area contributed by atoms with E-state index in [2.05, 4.69) is 39.3 Å². The molecule has 0 bridgehead atoms. The summed E-state index contributed by atoms with van der Waals surface area (Å²) < 4.78 is 1.64. The van der Waals surface area contributed by atoms with Crippen LogP contribution in [0, 0.1) is 13.8 Å². The highest BCUT2D eigenvalue weighted by molar-refractivity contribution is 7.99. The lowest BCUT2D eigenvalue weighted by atomic mass is 10.00. The number of amides is 1. The number of carbonyl (C=O) groups is 1. The third-order valence-corrected chi connectivity index (χ3v) is 8.24. The summed E-state index contributed by atoms with van der Waals surface area (Å²) in [6, 6.07) is 19.9. The maximum atomic E-state index is 13.5. The zero-order valence-corrected chi connectivity index (χ0v) is 22.4. The summed E-state index contributed by atoms with van der Waals surface area (Å²) in [6.07, 6.45) is 2.16. The number of thioether (sulfide) groups is 1. The fourth-order valence-corrected chi connectivity index (χ4v) is 5.85. The summed E-state index contributed by atoms with van der Waals surface area (Å²) in [7, 11) is 0. The second-order valence-electron chi connectivity index (χ2n) is 9.18. The third kappa shape index (κ3) is 4.68. The predicted molar refractivity (Wildman–Crippen MR) is 151 cm³/mol. The molecule has 1 atom stereocenters. The van der Waals surface area contributed by atoms with E-state index in [1.807, 2.05) is 55.6 Å². The predicted octanol–water partition coefficient (Wildman–Crippen LogP) is 5.26. The van der Waals surface area contributed by atoms with E-state index in [0.717, 1.165) is 33.0 Å². The molecule has 0 spiro atoms. The van der Waals surface area contributed by atoms with Crippen LogP contribution in [-0.2, 0) is 4.79 Å². The summed E-state index contributed by atoms with van der Waals surface area (Å²) in [5.74, 6) is -0.0709. The number of nitrogens with one attached hydrogen (secondary N) is 1. The monoisotopic (exact) mass is 540 g/mol. The molecule has 5 aromatic rings. The number of H-pyrrole nitrogens is 1. The number of aromatic nitrogens is 4. The van der Waals surface area contributed by atoms with Crippen molar-refractivity contribution in [3.8, 4) is 5.69 Å². The van der Waals surface area contributed by atoms with Gasteiger partial charge in [-0.2, -0.15) is 10.2 Å². The Labute approximate surface area is 227 Å². The number of hydrazone groups is 1. The first-order valence-electron chi connectivity index (χ1n) is 12.1. The first kappa shape index (κ1) is 24.3. The molecule has 1 aliphatic rings. The molecular weight excluding hydrogens is 516 g/mol. The van der Waals surface area contributed by atoms with Gasteiger partial charge in [0.15, 0.2) is 10.8 Å². The molecule has 0 saturated carbocycles. The molecule has 1 aliphatic heterocycles. The van der Waals surface area contributed by atoms with Gasteiger partial charge in [0, 0.05) is 6.42 Å². The van der Waals surface area contributed by atoms with Crippen molar-refractivity contribution in [1.29, 1.82) is 0 Å². The van der Waals surface area contributed by atoms with E-state index in [1.54, 1.807) is 21.0 Å². The number of aryl methyl sites for hydroxylation is 2. The van der Waals surface area contributed by atoms with Gasteiger partial charge >= 0.3 is 0 Å². The minimum Gasteiger partial charge on any atom is -0.301 e. The van der Waals surface area contributed by atoms with Gasteiger partial charge < -0.3 is 4.98 Å². The van der Waals surface area contributed by atoms with Crippen LogP contribution in [0.4, 0.5) is 0 Å². The van der Waals surface area contributed by atoms with Crippen LogP contribution in [-0.4, -0.2) is 42.1 Å². The molecule has 1 amide bonds. The smallest absolute Gasteiger partial charge is 0.262 e. The molecular formula is C28H24N6O2S2. The highest BCUT2D eigenvalue weighted by Gasteiger charge is 2.33. The summed E-state index contributed by atoms with van der Waals surface area (Å²) in [6.45, 7) is 4.05. The Hall–Kier alpha value is -4.02. The van der Waals surface area contributed by atoms with Crippen LogP contribution in [0.25, 0.3) is 16.7 Å². The highest BCUT2D eigenvalue weighted by Crippen LogP contribution is 2.34. The normalized spacial score (nSPS) is 15.3. The SMILES string of the molecule is Cc1ccc([C@@H]2CC(c3cccs3)=NN2C(=O)CSc2nc3c(cnn3-c3ccc(C)cc3)c(=O)[nH]2)cc1. The Bertz CT molecular complexity index is 1700. The first-order valence-corrected chi connectivity index (χ1v) is 14.0. The van der Waals surface area contributed by atoms with Gasteiger partial charge in [0.05, 0.1) is 34.3 Å². The fraction of sp³-hybridized carbons (Fsp3) is 0.179. The summed E-state index contributed by atoms with van der Waals surface area (Å²) in [4.78, 5) is 34.7. The number of nitrogens with zero attached hydrogens (tertiary/aromatic N) is 5. The van der Waals surface area contributed by atoms with E-state index in [1.165, 1.54) is 18.0 Å². The zero-order chi connectivity index (χ0) is 26.2. The molecule has 4 heterocycles. The van der Waals surface area contributed by atoms with Crippen molar-refractivity contribution in [3.05, 3.63) is 104 Å². The minimum atomic E-state index is -0.292. The van der Waals surface area contributed by atoms with E-state index in [-0.39, 0.29) is 23.3 Å². The lowest BCUT2D eigenvalue weighted by Crippen LogP contribution is -2.28. The van der Waals surface area contributed by atoms with E-state index in [0.29, 0.717) is 22.6 Å². The van der Waals surface area contributed by atoms with Crippen LogP contribution < -0.4 is 5.56 Å². The standard InChI is InChI=1S/C28H24N6O2S2/c1-17-5-9-19(10-6-17)23-14-22(24-4-3-13-37-24)32-34(23)25(35)16-38-28-30-26-21(27(36)31-28)15-29-33(26)20-11-7-18(2)8-12-20/h3-13,15,23H,14,16H2,1-2H3,(H,30,31,36)/t23-/m0/s1. The van der Waals surface area contributed by atoms with Crippen molar-refractivity contribution in [2.45, 2.75) is 31.5 Å². The van der Waals surface area contributed by atoms with Crippen LogP contribution in [0.5, 0.6) is 0 Å². The number of hydrogen-bond donors (Lipinski definition) is 1. The summed E-state index contributed by atoms with van der Waals surface area (Å²) >= 11 is 2.80. The van der Waals surface area contributed by atoms with Gasteiger partial charge in [-0.15, -0.1) is 11.3 Å². The maximum Gasteiger partial charge on any atom is 0.262 e. The van der Waals surface area contributed by atoms with E-state index in [9.17, 15) is 9.59 Å². The van der Waals surface area contributed by atoms with Gasteiger partial charge in [-0.3, -0.25) is 9.59 Å². The zero-order valence-electron chi connectivity index (χ0n) is 20.8. The molecule has 190 valence electrons. The molecule has 6 rings (SSSR count). The molecule has 0 saturated heterocycles. The molecule has 0 aliphatic carbocycles. The average molecular weight is 541 g/mol. The van der Waals surface area contributed by atoms with E-state index >= 15 is 0 Å². The van der Waals surface area contributed by atoms with Crippen molar-refractivity contribution >= 4 is 45.8 Å². The molecule has 2 aromatic carbocycles. The molecule has 1 N–H and O–H groups in total. The number of carbonyl (C=O) groups excluding carboxylic acids is 1. The average Bonchev–Trinajstić information content (AvgIpc) is 3.68. The second kappa shape index (κ2) is 10.0. The van der Waals surface area contributed by atoms with Gasteiger partial charge in [-0.05, 0) is 43.0 Å². The Kier molecular flexibility index (Phi) is 6.42. The lowest BCUT2D eigenvalue weighted by Gasteiger charge is -2.22. The van der Waals surface area contributed by atoms with Crippen LogP contribution in [0.15, 0.2) is 87.3 Å². The van der Waals surface area contributed by atoms with Crippen LogP contribution >= 0.6 is 23.1 Å². The minimum absolute atomic E-state index is 0.0801. The molecule has 10 heteroatoms. The Morgan fingerprint density at radius 2 is 1.82 bits per heavy atom. The van der Waals surface area contributed by atoms with Crippen molar-refractivity contribution in [1.82, 2.24) is 24.8 Å². The van der Waals surface area contributed by atoms with Crippen molar-refractivity contribution in [2.75, 3.05) is 5.75 Å². The topological polar surface area (TPSA) is 96.2 Å². The van der Waals surface area contributed by atoms with Gasteiger partial charge in [0.1, 0.15) is 5.39 Å². The number of thiophene rings is 1. The lowest BCUT2D eigenvalue weighted by molar-refractivity contribution is -0.130. The largest absolute Gasteiger partial charge is 0.301 e. The van der Waals surface area contributed by atoms with Crippen molar-refractivity contribution in [3.63, 3.8) is 0 Å². The van der Waals surface area contributed by atoms with Gasteiger partial charge in [-0.1, -0.05) is 65.4 Å². The second-order valence-corrected chi connectivity index (χ2v) is 11.1. The Balaban J connectivity index is 1.26. The molecule has 3 aromatic heterocycles. The summed E-state index contributed by atoms with van der Waals surface area (Å²) in [5.41, 5.74) is 5.20. The molecule has 8 nitrogen and oxygen atoms in total. The van der Waals surface area contributed by atoms with E-state index < -0.39 is 0 Å². The fourth-order valence-electron chi connectivity index (χ4n) is 4.42.